The van der Waals surface area contributed by atoms with E-state index in [9.17, 15) is 0 Å². The molecule has 0 radical (unpaired) electrons. The average molecular weight is 231 g/mol. The number of methoxy groups -OCH3 is 2. The van der Waals surface area contributed by atoms with Crippen molar-refractivity contribution >= 4 is 10.8 Å². The first-order valence-corrected chi connectivity index (χ1v) is 5.79. The standard InChI is InChI=1S/C14H17NO2/c1-4-5-12-11-9-14(17-3)13(16-2)8-10(11)6-7-15-12/h6-9H,4-5H2,1-3H3. The van der Waals surface area contributed by atoms with E-state index < -0.39 is 0 Å². The third-order valence-corrected chi connectivity index (χ3v) is 2.84. The Morgan fingerprint density at radius 3 is 2.47 bits per heavy atom. The van der Waals surface area contributed by atoms with Crippen LogP contribution in [0.3, 0.4) is 0 Å². The minimum Gasteiger partial charge on any atom is -0.493 e. The van der Waals surface area contributed by atoms with Gasteiger partial charge >= 0.3 is 0 Å². The monoisotopic (exact) mass is 231 g/mol. The maximum absolute atomic E-state index is 5.32. The molecule has 1 aromatic carbocycles. The van der Waals surface area contributed by atoms with Crippen molar-refractivity contribution in [2.45, 2.75) is 19.8 Å². The van der Waals surface area contributed by atoms with Crippen molar-refractivity contribution in [1.29, 1.82) is 0 Å². The van der Waals surface area contributed by atoms with Gasteiger partial charge in [-0.1, -0.05) is 13.3 Å². The zero-order valence-electron chi connectivity index (χ0n) is 10.5. The van der Waals surface area contributed by atoms with Gasteiger partial charge in [0, 0.05) is 17.3 Å². The van der Waals surface area contributed by atoms with Crippen LogP contribution in [-0.2, 0) is 6.42 Å². The molecule has 0 unspecified atom stereocenters. The summed E-state index contributed by atoms with van der Waals surface area (Å²) in [7, 11) is 3.30. The van der Waals surface area contributed by atoms with Crippen LogP contribution in [0.4, 0.5) is 0 Å². The van der Waals surface area contributed by atoms with Crippen molar-refractivity contribution in [3.8, 4) is 11.5 Å². The minimum atomic E-state index is 0.755. The molecular formula is C14H17NO2. The Labute approximate surface area is 101 Å². The van der Waals surface area contributed by atoms with Gasteiger partial charge in [0.25, 0.3) is 0 Å². The molecule has 17 heavy (non-hydrogen) atoms. The first-order valence-electron chi connectivity index (χ1n) is 5.79. The molecule has 2 aromatic rings. The van der Waals surface area contributed by atoms with Crippen molar-refractivity contribution in [2.75, 3.05) is 14.2 Å². The number of rotatable bonds is 4. The van der Waals surface area contributed by atoms with Crippen molar-refractivity contribution in [3.05, 3.63) is 30.1 Å². The first-order chi connectivity index (χ1) is 8.30. The summed E-state index contributed by atoms with van der Waals surface area (Å²) in [6, 6.07) is 6.00. The van der Waals surface area contributed by atoms with Crippen molar-refractivity contribution in [3.63, 3.8) is 0 Å². The van der Waals surface area contributed by atoms with E-state index in [-0.39, 0.29) is 0 Å². The van der Waals surface area contributed by atoms with Crippen LogP contribution in [0, 0.1) is 0 Å². The summed E-state index contributed by atoms with van der Waals surface area (Å²) in [5, 5.41) is 2.29. The smallest absolute Gasteiger partial charge is 0.161 e. The predicted octanol–water partition coefficient (Wildman–Crippen LogP) is 3.20. The molecule has 0 N–H and O–H groups in total. The van der Waals surface area contributed by atoms with Gasteiger partial charge in [0.1, 0.15) is 0 Å². The van der Waals surface area contributed by atoms with Gasteiger partial charge < -0.3 is 9.47 Å². The highest BCUT2D eigenvalue weighted by atomic mass is 16.5. The predicted molar refractivity (Wildman–Crippen MR) is 68.8 cm³/mol. The second-order valence-electron chi connectivity index (χ2n) is 3.94. The molecule has 0 bridgehead atoms. The van der Waals surface area contributed by atoms with E-state index in [1.165, 1.54) is 0 Å². The molecule has 3 heteroatoms. The van der Waals surface area contributed by atoms with Crippen LogP contribution in [-0.4, -0.2) is 19.2 Å². The molecule has 0 aliphatic heterocycles. The molecule has 3 nitrogen and oxygen atoms in total. The summed E-state index contributed by atoms with van der Waals surface area (Å²) >= 11 is 0. The quantitative estimate of drug-likeness (QED) is 0.809. The number of benzene rings is 1. The summed E-state index contributed by atoms with van der Waals surface area (Å²) < 4.78 is 10.6. The molecule has 0 aliphatic rings. The van der Waals surface area contributed by atoms with E-state index in [0.29, 0.717) is 0 Å². The zero-order valence-corrected chi connectivity index (χ0v) is 10.5. The number of hydrogen-bond acceptors (Lipinski definition) is 3. The molecule has 90 valence electrons. The number of aromatic nitrogens is 1. The van der Waals surface area contributed by atoms with Gasteiger partial charge in [-0.3, -0.25) is 4.98 Å². The van der Waals surface area contributed by atoms with Gasteiger partial charge in [0.05, 0.1) is 14.2 Å². The molecule has 0 aliphatic carbocycles. The van der Waals surface area contributed by atoms with Gasteiger partial charge in [-0.2, -0.15) is 0 Å². The highest BCUT2D eigenvalue weighted by Crippen LogP contribution is 2.33. The lowest BCUT2D eigenvalue weighted by Gasteiger charge is -2.11. The van der Waals surface area contributed by atoms with Gasteiger partial charge in [-0.25, -0.2) is 0 Å². The van der Waals surface area contributed by atoms with E-state index in [0.717, 1.165) is 40.8 Å². The maximum Gasteiger partial charge on any atom is 0.161 e. The van der Waals surface area contributed by atoms with E-state index in [4.69, 9.17) is 9.47 Å². The third-order valence-electron chi connectivity index (χ3n) is 2.84. The minimum absolute atomic E-state index is 0.755. The summed E-state index contributed by atoms with van der Waals surface area (Å²) in [6.07, 6.45) is 3.91. The van der Waals surface area contributed by atoms with Crippen molar-refractivity contribution in [1.82, 2.24) is 4.98 Å². The molecule has 0 fully saturated rings. The zero-order chi connectivity index (χ0) is 12.3. The van der Waals surface area contributed by atoms with Crippen LogP contribution in [0.25, 0.3) is 10.8 Å². The Morgan fingerprint density at radius 1 is 1.12 bits per heavy atom. The van der Waals surface area contributed by atoms with E-state index >= 15 is 0 Å². The van der Waals surface area contributed by atoms with Crippen molar-refractivity contribution < 1.29 is 9.47 Å². The van der Waals surface area contributed by atoms with Crippen LogP contribution in [0.1, 0.15) is 19.0 Å². The molecule has 0 spiro atoms. The summed E-state index contributed by atoms with van der Waals surface area (Å²) in [4.78, 5) is 4.43. The summed E-state index contributed by atoms with van der Waals surface area (Å²) in [5.74, 6) is 1.51. The molecule has 0 atom stereocenters. The topological polar surface area (TPSA) is 31.4 Å². The Bertz CT molecular complexity index is 523. The summed E-state index contributed by atoms with van der Waals surface area (Å²) in [6.45, 7) is 2.15. The van der Waals surface area contributed by atoms with E-state index in [1.807, 2.05) is 24.4 Å². The maximum atomic E-state index is 5.32. The lowest BCUT2D eigenvalue weighted by atomic mass is 10.1. The van der Waals surface area contributed by atoms with Crippen LogP contribution >= 0.6 is 0 Å². The molecular weight excluding hydrogens is 214 g/mol. The fraction of sp³-hybridized carbons (Fsp3) is 0.357. The Hall–Kier alpha value is -1.77. The van der Waals surface area contributed by atoms with Gasteiger partial charge in [-0.15, -0.1) is 0 Å². The van der Waals surface area contributed by atoms with Crippen LogP contribution in [0.2, 0.25) is 0 Å². The lowest BCUT2D eigenvalue weighted by molar-refractivity contribution is 0.356. The number of ether oxygens (including phenoxy) is 2. The molecule has 0 amide bonds. The highest BCUT2D eigenvalue weighted by molar-refractivity contribution is 5.87. The lowest BCUT2D eigenvalue weighted by Crippen LogP contribution is -1.94. The van der Waals surface area contributed by atoms with Gasteiger partial charge in [-0.05, 0) is 30.0 Å². The Morgan fingerprint density at radius 2 is 1.82 bits per heavy atom. The molecule has 0 saturated heterocycles. The van der Waals surface area contributed by atoms with Crippen LogP contribution in [0.5, 0.6) is 11.5 Å². The number of pyridine rings is 1. The second kappa shape index (κ2) is 5.04. The number of fused-ring (bicyclic) bond motifs is 1. The largest absolute Gasteiger partial charge is 0.493 e. The Kier molecular flexibility index (Phi) is 3.47. The normalized spacial score (nSPS) is 10.5. The number of hydrogen-bond donors (Lipinski definition) is 0. The molecule has 1 heterocycles. The van der Waals surface area contributed by atoms with Crippen molar-refractivity contribution in [2.24, 2.45) is 0 Å². The Balaban J connectivity index is 2.64. The van der Waals surface area contributed by atoms with Crippen LogP contribution < -0.4 is 9.47 Å². The second-order valence-corrected chi connectivity index (χ2v) is 3.94. The first kappa shape index (κ1) is 11.7. The van der Waals surface area contributed by atoms with E-state index in [2.05, 4.69) is 11.9 Å². The molecule has 0 saturated carbocycles. The number of aryl methyl sites for hydroxylation is 1. The van der Waals surface area contributed by atoms with Gasteiger partial charge in [0.2, 0.25) is 0 Å². The molecule has 1 aromatic heterocycles. The van der Waals surface area contributed by atoms with Crippen LogP contribution in [0.15, 0.2) is 24.4 Å². The van der Waals surface area contributed by atoms with E-state index in [1.54, 1.807) is 14.2 Å². The molecule has 2 rings (SSSR count). The fourth-order valence-corrected chi connectivity index (χ4v) is 2.00. The van der Waals surface area contributed by atoms with Gasteiger partial charge in [0.15, 0.2) is 11.5 Å². The average Bonchev–Trinajstić information content (AvgIpc) is 2.38. The SMILES string of the molecule is CCCc1nccc2cc(OC)c(OC)cc12. The fourth-order valence-electron chi connectivity index (χ4n) is 2.00. The highest BCUT2D eigenvalue weighted by Gasteiger charge is 2.08. The summed E-state index contributed by atoms with van der Waals surface area (Å²) in [5.41, 5.74) is 1.12. The number of nitrogens with zero attached hydrogens (tertiary/aromatic N) is 1. The third kappa shape index (κ3) is 2.18.